The average Bonchev–Trinajstić information content (AvgIpc) is 3.30. The topological polar surface area (TPSA) is 49.3 Å². The number of carbonyl (C=O) groups excluding carboxylic acids is 1. The fourth-order valence-electron chi connectivity index (χ4n) is 4.88. The number of aromatic nitrogens is 1. The van der Waals surface area contributed by atoms with E-state index in [-0.39, 0.29) is 25.7 Å². The van der Waals surface area contributed by atoms with Crippen molar-refractivity contribution in [3.05, 3.63) is 54.2 Å². The molecular weight excluding hydrogens is 556 g/mol. The summed E-state index contributed by atoms with van der Waals surface area (Å²) < 4.78 is 41.9. The van der Waals surface area contributed by atoms with Crippen molar-refractivity contribution < 1.29 is 18.0 Å². The predicted octanol–water partition coefficient (Wildman–Crippen LogP) is 7.16. The maximum absolute atomic E-state index is 13.6. The number of nitrogens with one attached hydrogen (secondary N) is 2. The number of hydrogen-bond donors (Lipinski definition) is 2. The monoisotopic (exact) mass is 600 g/mol. The van der Waals surface area contributed by atoms with Crippen molar-refractivity contribution in [2.24, 2.45) is 5.92 Å². The summed E-state index contributed by atoms with van der Waals surface area (Å²) in [6.07, 6.45) is -2.64. The van der Waals surface area contributed by atoms with E-state index in [0.29, 0.717) is 24.3 Å². The van der Waals surface area contributed by atoms with E-state index in [2.05, 4.69) is 52.8 Å². The molecule has 0 unspecified atom stereocenters. The summed E-state index contributed by atoms with van der Waals surface area (Å²) >= 11 is 0. The van der Waals surface area contributed by atoms with Crippen LogP contribution in [0.15, 0.2) is 48.5 Å². The number of piperidine rings is 1. The minimum absolute atomic E-state index is 0.0270. The first-order chi connectivity index (χ1) is 20.0. The van der Waals surface area contributed by atoms with Crippen LogP contribution in [0.3, 0.4) is 0 Å². The second-order valence-electron chi connectivity index (χ2n) is 10.9. The molecule has 9 heteroatoms. The third-order valence-electron chi connectivity index (χ3n) is 7.23. The molecule has 0 atom stereocenters. The van der Waals surface area contributed by atoms with Crippen LogP contribution in [0, 0.1) is 17.8 Å². The van der Waals surface area contributed by atoms with E-state index in [1.807, 2.05) is 45.9 Å². The SMILES string of the molecule is CC.CC(C)C(=O)CN1CCC(Nc2cccc3c2cc(C#CCNc2ccc(P(C)C)cc2)n3CC(F)(F)F)CC1. The molecule has 1 aromatic heterocycles. The van der Waals surface area contributed by atoms with Gasteiger partial charge in [0.2, 0.25) is 0 Å². The summed E-state index contributed by atoms with van der Waals surface area (Å²) in [5.74, 6) is 6.25. The van der Waals surface area contributed by atoms with Crippen LogP contribution in [0.25, 0.3) is 10.9 Å². The van der Waals surface area contributed by atoms with E-state index in [4.69, 9.17) is 0 Å². The van der Waals surface area contributed by atoms with Crippen LogP contribution >= 0.6 is 7.92 Å². The lowest BCUT2D eigenvalue weighted by Crippen LogP contribution is -2.42. The largest absolute Gasteiger partial charge is 0.406 e. The van der Waals surface area contributed by atoms with E-state index in [1.165, 1.54) is 9.87 Å². The Morgan fingerprint density at radius 2 is 1.74 bits per heavy atom. The molecule has 0 radical (unpaired) electrons. The third-order valence-corrected chi connectivity index (χ3v) is 8.57. The first-order valence-corrected chi connectivity index (χ1v) is 16.9. The summed E-state index contributed by atoms with van der Waals surface area (Å²) in [6, 6.07) is 15.5. The molecular formula is C33H44F3N4OP. The lowest BCUT2D eigenvalue weighted by Gasteiger charge is -2.32. The van der Waals surface area contributed by atoms with Gasteiger partial charge in [0.1, 0.15) is 12.3 Å². The normalized spacial score (nSPS) is 14.4. The van der Waals surface area contributed by atoms with Gasteiger partial charge in [0.05, 0.1) is 24.3 Å². The van der Waals surface area contributed by atoms with Crippen LogP contribution in [0.5, 0.6) is 0 Å². The second kappa shape index (κ2) is 15.5. The summed E-state index contributed by atoms with van der Waals surface area (Å²) in [7, 11) is -0.166. The molecule has 0 aliphatic carbocycles. The van der Waals surface area contributed by atoms with E-state index in [0.717, 1.165) is 42.7 Å². The van der Waals surface area contributed by atoms with Crippen LogP contribution in [-0.4, -0.2) is 67.0 Å². The molecule has 0 bridgehead atoms. The highest BCUT2D eigenvalue weighted by Crippen LogP contribution is 2.31. The number of anilines is 2. The number of fused-ring (bicyclic) bond motifs is 1. The molecule has 0 amide bonds. The molecule has 2 heterocycles. The molecule has 3 aromatic rings. The van der Waals surface area contributed by atoms with Gasteiger partial charge in [0.25, 0.3) is 0 Å². The van der Waals surface area contributed by atoms with Crippen LogP contribution in [0.1, 0.15) is 46.2 Å². The Morgan fingerprint density at radius 3 is 2.33 bits per heavy atom. The number of hydrogen-bond acceptors (Lipinski definition) is 4. The number of Topliss-reactive ketones (excluding diaryl/α,β-unsaturated/α-hetero) is 1. The highest BCUT2D eigenvalue weighted by Gasteiger charge is 2.30. The highest BCUT2D eigenvalue weighted by atomic mass is 31.1. The molecule has 0 saturated carbocycles. The first-order valence-electron chi connectivity index (χ1n) is 14.7. The van der Waals surface area contributed by atoms with Crippen molar-refractivity contribution in [3.8, 4) is 11.8 Å². The van der Waals surface area contributed by atoms with E-state index >= 15 is 0 Å². The van der Waals surface area contributed by atoms with Gasteiger partial charge in [-0.2, -0.15) is 13.2 Å². The maximum Gasteiger partial charge on any atom is 0.406 e. The van der Waals surface area contributed by atoms with Crippen molar-refractivity contribution in [2.45, 2.75) is 59.3 Å². The number of halogens is 3. The number of rotatable bonds is 9. The molecule has 0 spiro atoms. The molecule has 42 heavy (non-hydrogen) atoms. The molecule has 5 nitrogen and oxygen atoms in total. The summed E-state index contributed by atoms with van der Waals surface area (Å²) in [6.45, 7) is 13.6. The van der Waals surface area contributed by atoms with Gasteiger partial charge in [-0.05, 0) is 67.7 Å². The predicted molar refractivity (Wildman–Crippen MR) is 172 cm³/mol. The van der Waals surface area contributed by atoms with E-state index in [9.17, 15) is 18.0 Å². The van der Waals surface area contributed by atoms with Gasteiger partial charge in [-0.15, -0.1) is 0 Å². The van der Waals surface area contributed by atoms with E-state index < -0.39 is 12.7 Å². The number of likely N-dealkylation sites (tertiary alicyclic amines) is 1. The number of nitrogens with zero attached hydrogens (tertiary/aromatic N) is 2. The Morgan fingerprint density at radius 1 is 1.07 bits per heavy atom. The first kappa shape index (κ1) is 33.5. The zero-order valence-electron chi connectivity index (χ0n) is 25.6. The van der Waals surface area contributed by atoms with Crippen molar-refractivity contribution in [1.29, 1.82) is 0 Å². The Balaban J connectivity index is 0.00000237. The van der Waals surface area contributed by atoms with Crippen LogP contribution in [-0.2, 0) is 11.3 Å². The average molecular weight is 601 g/mol. The molecule has 1 aliphatic heterocycles. The van der Waals surface area contributed by atoms with Crippen LogP contribution in [0.4, 0.5) is 24.5 Å². The van der Waals surface area contributed by atoms with Crippen molar-refractivity contribution in [3.63, 3.8) is 0 Å². The Labute approximate surface area is 250 Å². The molecule has 2 N–H and O–H groups in total. The zero-order valence-corrected chi connectivity index (χ0v) is 26.5. The third kappa shape index (κ3) is 9.51. The fourth-order valence-corrected chi connectivity index (χ4v) is 5.63. The molecule has 1 saturated heterocycles. The van der Waals surface area contributed by atoms with Crippen LogP contribution in [0.2, 0.25) is 0 Å². The van der Waals surface area contributed by atoms with Gasteiger partial charge in [-0.3, -0.25) is 9.69 Å². The Bertz CT molecular complexity index is 1360. The quantitative estimate of drug-likeness (QED) is 0.202. The highest BCUT2D eigenvalue weighted by molar-refractivity contribution is 7.64. The number of alkyl halides is 3. The van der Waals surface area contributed by atoms with Crippen LogP contribution < -0.4 is 15.9 Å². The Kier molecular flexibility index (Phi) is 12.3. The van der Waals surface area contributed by atoms with Gasteiger partial charge in [-0.25, -0.2) is 0 Å². The van der Waals surface area contributed by atoms with Crippen molar-refractivity contribution in [2.75, 3.05) is 50.1 Å². The van der Waals surface area contributed by atoms with Gasteiger partial charge in [0, 0.05) is 41.8 Å². The van der Waals surface area contributed by atoms with Gasteiger partial charge in [0.15, 0.2) is 0 Å². The maximum atomic E-state index is 13.6. The number of benzene rings is 2. The fraction of sp³-hybridized carbons (Fsp3) is 0.485. The van der Waals surface area contributed by atoms with Crippen molar-refractivity contribution in [1.82, 2.24) is 9.47 Å². The van der Waals surface area contributed by atoms with Crippen molar-refractivity contribution >= 4 is 41.3 Å². The summed E-state index contributed by atoms with van der Waals surface area (Å²) in [5, 5.41) is 8.83. The minimum Gasteiger partial charge on any atom is -0.382 e. The number of ketones is 1. The smallest absolute Gasteiger partial charge is 0.382 e. The zero-order chi connectivity index (χ0) is 30.9. The summed E-state index contributed by atoms with van der Waals surface area (Å²) in [5.41, 5.74) is 2.58. The molecule has 2 aromatic carbocycles. The molecule has 1 aliphatic rings. The molecule has 228 valence electrons. The standard InChI is InChI=1S/C31H38F3N4OP.C2H6/c1-22(2)30(39)20-37-17-14-24(15-18-37)36-28-8-5-9-29-27(28)19-25(38(29)21-31(32,33)34)7-6-16-35-23-10-12-26(13-11-23)40(3)4;1-2/h5,8-13,19,22,24,35-36H,14-18,20-21H2,1-4H3;1-2H3. The van der Waals surface area contributed by atoms with Gasteiger partial charge < -0.3 is 15.2 Å². The number of carbonyl (C=O) groups is 1. The van der Waals surface area contributed by atoms with Gasteiger partial charge in [-0.1, -0.05) is 59.7 Å². The van der Waals surface area contributed by atoms with E-state index in [1.54, 1.807) is 18.2 Å². The molecule has 1 fully saturated rings. The lowest BCUT2D eigenvalue weighted by atomic mass is 10.0. The summed E-state index contributed by atoms with van der Waals surface area (Å²) in [4.78, 5) is 14.3. The minimum atomic E-state index is -4.37. The van der Waals surface area contributed by atoms with Gasteiger partial charge >= 0.3 is 6.18 Å². The Hall–Kier alpha value is -3.01. The lowest BCUT2D eigenvalue weighted by molar-refractivity contribution is -0.140. The second-order valence-corrected chi connectivity index (χ2v) is 13.2. The molecule has 4 rings (SSSR count).